The van der Waals surface area contributed by atoms with E-state index in [0.29, 0.717) is 4.47 Å². The maximum Gasteiger partial charge on any atom is 0.280 e. The first-order valence-corrected chi connectivity index (χ1v) is 8.73. The van der Waals surface area contributed by atoms with Crippen LogP contribution in [0.25, 0.3) is 0 Å². The minimum absolute atomic E-state index is 0.210. The van der Waals surface area contributed by atoms with Gasteiger partial charge in [0.05, 0.1) is 11.9 Å². The fourth-order valence-electron chi connectivity index (χ4n) is 3.07. The molecule has 2 aromatic rings. The van der Waals surface area contributed by atoms with Crippen molar-refractivity contribution >= 4 is 27.3 Å². The van der Waals surface area contributed by atoms with E-state index in [4.69, 9.17) is 0 Å². The summed E-state index contributed by atoms with van der Waals surface area (Å²) in [5.41, 5.74) is 3.15. The Morgan fingerprint density at radius 3 is 2.78 bits per heavy atom. The van der Waals surface area contributed by atoms with Gasteiger partial charge in [0, 0.05) is 32.4 Å². The van der Waals surface area contributed by atoms with E-state index in [1.165, 1.54) is 30.5 Å². The third-order valence-electron chi connectivity index (χ3n) is 4.28. The normalized spacial score (nSPS) is 14.8. The number of nitrogens with one attached hydrogen (secondary N) is 1. The van der Waals surface area contributed by atoms with Crippen molar-refractivity contribution in [2.45, 2.75) is 25.8 Å². The molecule has 0 unspecified atom stereocenters. The maximum absolute atomic E-state index is 11.7. The molecule has 0 bridgehead atoms. The number of H-pyrrole nitrogens is 1. The summed E-state index contributed by atoms with van der Waals surface area (Å²) in [6.07, 6.45) is 5.51. The first kappa shape index (κ1) is 16.1. The molecule has 2 heterocycles. The summed E-state index contributed by atoms with van der Waals surface area (Å²) in [5.74, 6) is 0. The molecular formula is C17H21BrN4O. The molecule has 1 N–H and O–H groups in total. The molecule has 0 saturated carbocycles. The Morgan fingerprint density at radius 2 is 2.00 bits per heavy atom. The minimum atomic E-state index is -0.210. The molecule has 0 aliphatic carbocycles. The number of rotatable bonds is 4. The summed E-state index contributed by atoms with van der Waals surface area (Å²) in [6.45, 7) is 2.98. The number of halogens is 1. The molecule has 0 amide bonds. The van der Waals surface area contributed by atoms with Crippen LogP contribution in [0.2, 0.25) is 0 Å². The molecule has 1 aromatic heterocycles. The number of aromatic nitrogens is 2. The predicted octanol–water partition coefficient (Wildman–Crippen LogP) is 3.16. The summed E-state index contributed by atoms with van der Waals surface area (Å²) in [5, 5.41) is 6.33. The number of nitrogens with zero attached hydrogens (tertiary/aromatic N) is 3. The van der Waals surface area contributed by atoms with Gasteiger partial charge >= 0.3 is 0 Å². The van der Waals surface area contributed by atoms with Gasteiger partial charge < -0.3 is 9.80 Å². The van der Waals surface area contributed by atoms with Gasteiger partial charge in [0.1, 0.15) is 4.47 Å². The van der Waals surface area contributed by atoms with Gasteiger partial charge in [0.2, 0.25) is 0 Å². The molecule has 6 heteroatoms. The molecule has 23 heavy (non-hydrogen) atoms. The van der Waals surface area contributed by atoms with Crippen molar-refractivity contribution in [3.05, 3.63) is 50.9 Å². The standard InChI is InChI=1S/C17H21BrN4O/c1-21(15-11-19-20-17(23)16(15)18)12-13-7-3-4-8-14(13)22-9-5-2-6-10-22/h3-4,7-8,11H,2,5-6,9-10,12H2,1H3,(H,20,23). The Hall–Kier alpha value is -1.82. The third-order valence-corrected chi connectivity index (χ3v) is 5.05. The average Bonchev–Trinajstić information content (AvgIpc) is 2.58. The molecule has 1 aliphatic heterocycles. The highest BCUT2D eigenvalue weighted by Gasteiger charge is 2.16. The second-order valence-electron chi connectivity index (χ2n) is 5.93. The lowest BCUT2D eigenvalue weighted by atomic mass is 10.1. The number of anilines is 2. The fraction of sp³-hybridized carbons (Fsp3) is 0.412. The number of aromatic amines is 1. The van der Waals surface area contributed by atoms with Crippen molar-refractivity contribution in [1.82, 2.24) is 10.2 Å². The van der Waals surface area contributed by atoms with Gasteiger partial charge in [-0.25, -0.2) is 5.10 Å². The van der Waals surface area contributed by atoms with Crippen molar-refractivity contribution in [2.24, 2.45) is 0 Å². The van der Waals surface area contributed by atoms with Crippen LogP contribution < -0.4 is 15.4 Å². The van der Waals surface area contributed by atoms with Gasteiger partial charge in [-0.15, -0.1) is 0 Å². The van der Waals surface area contributed by atoms with Gasteiger partial charge in [0.15, 0.2) is 0 Å². The zero-order chi connectivity index (χ0) is 16.2. The topological polar surface area (TPSA) is 52.2 Å². The summed E-state index contributed by atoms with van der Waals surface area (Å²) >= 11 is 3.35. The van der Waals surface area contributed by atoms with E-state index in [0.717, 1.165) is 25.3 Å². The highest BCUT2D eigenvalue weighted by Crippen LogP contribution is 2.27. The van der Waals surface area contributed by atoms with Crippen molar-refractivity contribution < 1.29 is 0 Å². The summed E-state index contributed by atoms with van der Waals surface area (Å²) in [6, 6.07) is 8.52. The zero-order valence-corrected chi connectivity index (χ0v) is 14.8. The van der Waals surface area contributed by atoms with Gasteiger partial charge in [0.25, 0.3) is 5.56 Å². The number of para-hydroxylation sites is 1. The zero-order valence-electron chi connectivity index (χ0n) is 13.3. The highest BCUT2D eigenvalue weighted by molar-refractivity contribution is 9.10. The van der Waals surface area contributed by atoms with E-state index < -0.39 is 0 Å². The average molecular weight is 377 g/mol. The second-order valence-corrected chi connectivity index (χ2v) is 6.72. The molecule has 1 aromatic carbocycles. The van der Waals surface area contributed by atoms with E-state index in [-0.39, 0.29) is 5.56 Å². The molecule has 0 spiro atoms. The van der Waals surface area contributed by atoms with Crippen LogP contribution in [0.4, 0.5) is 11.4 Å². The fourth-order valence-corrected chi connectivity index (χ4v) is 3.56. The molecule has 5 nitrogen and oxygen atoms in total. The summed E-state index contributed by atoms with van der Waals surface area (Å²) in [4.78, 5) is 16.2. The lowest BCUT2D eigenvalue weighted by Gasteiger charge is -2.31. The number of piperidine rings is 1. The Kier molecular flexibility index (Phi) is 5.00. The Bertz CT molecular complexity index is 725. The largest absolute Gasteiger partial charge is 0.371 e. The minimum Gasteiger partial charge on any atom is -0.371 e. The van der Waals surface area contributed by atoms with Crippen LogP contribution >= 0.6 is 15.9 Å². The van der Waals surface area contributed by atoms with Crippen molar-refractivity contribution in [1.29, 1.82) is 0 Å². The van der Waals surface area contributed by atoms with Crippen LogP contribution in [0.5, 0.6) is 0 Å². The maximum atomic E-state index is 11.7. The number of hydrogen-bond acceptors (Lipinski definition) is 4. The van der Waals surface area contributed by atoms with Crippen LogP contribution in [0.15, 0.2) is 39.7 Å². The Balaban J connectivity index is 1.85. The first-order valence-electron chi connectivity index (χ1n) is 7.94. The Labute approximate surface area is 144 Å². The molecule has 122 valence electrons. The quantitative estimate of drug-likeness (QED) is 0.890. The summed E-state index contributed by atoms with van der Waals surface area (Å²) in [7, 11) is 1.98. The van der Waals surface area contributed by atoms with Gasteiger partial charge in [-0.05, 0) is 46.8 Å². The smallest absolute Gasteiger partial charge is 0.280 e. The van der Waals surface area contributed by atoms with Crippen LogP contribution in [0, 0.1) is 0 Å². The lowest BCUT2D eigenvalue weighted by Crippen LogP contribution is -2.31. The SMILES string of the molecule is CN(Cc1ccccc1N1CCCCC1)c1cn[nH]c(=O)c1Br. The molecule has 0 radical (unpaired) electrons. The lowest BCUT2D eigenvalue weighted by molar-refractivity contribution is 0.576. The van der Waals surface area contributed by atoms with Crippen LogP contribution in [0.3, 0.4) is 0 Å². The Morgan fingerprint density at radius 1 is 1.26 bits per heavy atom. The van der Waals surface area contributed by atoms with Crippen LogP contribution in [-0.2, 0) is 6.54 Å². The van der Waals surface area contributed by atoms with Crippen LogP contribution in [0.1, 0.15) is 24.8 Å². The second kappa shape index (κ2) is 7.17. The molecule has 1 saturated heterocycles. The molecule has 3 rings (SSSR count). The number of benzene rings is 1. The predicted molar refractivity (Wildman–Crippen MR) is 97.2 cm³/mol. The van der Waals surface area contributed by atoms with Crippen molar-refractivity contribution in [2.75, 3.05) is 29.9 Å². The van der Waals surface area contributed by atoms with Gasteiger partial charge in [-0.3, -0.25) is 4.79 Å². The molecule has 1 fully saturated rings. The highest BCUT2D eigenvalue weighted by atomic mass is 79.9. The van der Waals surface area contributed by atoms with Gasteiger partial charge in [-0.1, -0.05) is 18.2 Å². The van der Waals surface area contributed by atoms with E-state index in [2.05, 4.69) is 60.2 Å². The summed E-state index contributed by atoms with van der Waals surface area (Å²) < 4.78 is 0.519. The molecule has 0 atom stereocenters. The van der Waals surface area contributed by atoms with Crippen molar-refractivity contribution in [3.63, 3.8) is 0 Å². The molecular weight excluding hydrogens is 356 g/mol. The first-order chi connectivity index (χ1) is 11.2. The third kappa shape index (κ3) is 3.58. The monoisotopic (exact) mass is 376 g/mol. The van der Waals surface area contributed by atoms with Crippen molar-refractivity contribution in [3.8, 4) is 0 Å². The number of hydrogen-bond donors (Lipinski definition) is 1. The van der Waals surface area contributed by atoms with Gasteiger partial charge in [-0.2, -0.15) is 5.10 Å². The van der Waals surface area contributed by atoms with Crippen LogP contribution in [-0.4, -0.2) is 30.3 Å². The van der Waals surface area contributed by atoms with E-state index in [1.807, 2.05) is 7.05 Å². The van der Waals surface area contributed by atoms with E-state index >= 15 is 0 Å². The molecule has 1 aliphatic rings. The van der Waals surface area contributed by atoms with E-state index in [1.54, 1.807) is 6.20 Å². The van der Waals surface area contributed by atoms with E-state index in [9.17, 15) is 4.79 Å².